The van der Waals surface area contributed by atoms with Gasteiger partial charge >= 0.3 is 5.69 Å². The van der Waals surface area contributed by atoms with E-state index in [1.807, 2.05) is 12.1 Å². The molecule has 2 fully saturated rings. The topological polar surface area (TPSA) is 88.5 Å². The largest absolute Gasteiger partial charge is 0.371 e. The zero-order valence-corrected chi connectivity index (χ0v) is 13.9. The maximum Gasteiger partial charge on any atom is 0.329 e. The van der Waals surface area contributed by atoms with Crippen molar-refractivity contribution in [3.8, 4) is 0 Å². The molecule has 2 atom stereocenters. The number of fused-ring (bicyclic) bond motifs is 1. The van der Waals surface area contributed by atoms with Crippen molar-refractivity contribution < 1.29 is 0 Å². The predicted molar refractivity (Wildman–Crippen MR) is 96.9 cm³/mol. The maximum atomic E-state index is 12.2. The number of aromatic nitrogens is 2. The predicted octanol–water partition coefficient (Wildman–Crippen LogP) is 1.10. The van der Waals surface area contributed by atoms with Crippen LogP contribution in [-0.2, 0) is 0 Å². The van der Waals surface area contributed by atoms with Crippen LogP contribution < -0.4 is 21.9 Å². The Hall–Kier alpha value is -2.59. The van der Waals surface area contributed by atoms with E-state index in [1.54, 1.807) is 10.6 Å². The lowest BCUT2D eigenvalue weighted by Gasteiger charge is -2.21. The van der Waals surface area contributed by atoms with Crippen molar-refractivity contribution in [1.82, 2.24) is 9.55 Å². The van der Waals surface area contributed by atoms with E-state index in [1.165, 1.54) is 0 Å². The molecule has 2 heterocycles. The van der Waals surface area contributed by atoms with E-state index in [2.05, 4.69) is 14.7 Å². The van der Waals surface area contributed by atoms with Gasteiger partial charge in [-0.25, -0.2) is 11.4 Å². The van der Waals surface area contributed by atoms with E-state index in [-0.39, 0.29) is 23.3 Å². The summed E-state index contributed by atoms with van der Waals surface area (Å²) in [6.07, 6.45) is 2.91. The first-order valence-corrected chi connectivity index (χ1v) is 8.71. The second-order valence-corrected chi connectivity index (χ2v) is 7.06. The molecule has 7 nitrogen and oxygen atoms in total. The summed E-state index contributed by atoms with van der Waals surface area (Å²) in [7, 11) is 0. The van der Waals surface area contributed by atoms with Gasteiger partial charge in [-0.05, 0) is 37.5 Å². The number of nitrogens with one attached hydrogen (secondary N) is 1. The van der Waals surface area contributed by atoms with Crippen LogP contribution in [0, 0.1) is 12.5 Å². The lowest BCUT2D eigenvalue weighted by atomic mass is 10.0. The molecule has 1 aromatic carbocycles. The summed E-state index contributed by atoms with van der Waals surface area (Å²) in [5.74, 6) is 0.301. The number of nitrogens with two attached hydrogens (primary N) is 1. The number of benzene rings is 1. The fourth-order valence-corrected chi connectivity index (χ4v) is 3.76. The standard InChI is InChI=1S/C18H21N5O2/c1-20-9-15(19)11-6-7-22(10-11)13-4-5-14-16(8-13)23(12-2-3-12)18(25)21-17(14)24/h4-5,8,11-12,15H,2-3,6-7,9-10,19H2,(H,21,24,25). The third-order valence-corrected chi connectivity index (χ3v) is 5.33. The summed E-state index contributed by atoms with van der Waals surface area (Å²) in [5.41, 5.74) is 7.16. The molecule has 2 unspecified atom stereocenters. The average molecular weight is 339 g/mol. The van der Waals surface area contributed by atoms with Crippen LogP contribution in [0.25, 0.3) is 15.7 Å². The summed E-state index contributed by atoms with van der Waals surface area (Å²) < 4.78 is 1.72. The molecule has 0 bridgehead atoms. The van der Waals surface area contributed by atoms with E-state index in [4.69, 9.17) is 12.3 Å². The Morgan fingerprint density at radius 2 is 2.12 bits per heavy atom. The highest BCUT2D eigenvalue weighted by Crippen LogP contribution is 2.36. The summed E-state index contributed by atoms with van der Waals surface area (Å²) in [6, 6.07) is 5.78. The van der Waals surface area contributed by atoms with Crippen LogP contribution in [0.1, 0.15) is 25.3 Å². The average Bonchev–Trinajstić information content (AvgIpc) is 3.29. The number of hydrogen-bond donors (Lipinski definition) is 2. The van der Waals surface area contributed by atoms with E-state index in [0.717, 1.165) is 38.0 Å². The van der Waals surface area contributed by atoms with Crippen LogP contribution in [0.5, 0.6) is 0 Å². The smallest absolute Gasteiger partial charge is 0.329 e. The van der Waals surface area contributed by atoms with Crippen LogP contribution in [-0.4, -0.2) is 35.2 Å². The molecule has 7 heteroatoms. The highest BCUT2D eigenvalue weighted by molar-refractivity contribution is 5.82. The van der Waals surface area contributed by atoms with Crippen LogP contribution >= 0.6 is 0 Å². The van der Waals surface area contributed by atoms with Crippen molar-refractivity contribution in [2.45, 2.75) is 31.3 Å². The van der Waals surface area contributed by atoms with E-state index < -0.39 is 0 Å². The minimum absolute atomic E-state index is 0.101. The highest BCUT2D eigenvalue weighted by Gasteiger charge is 2.30. The van der Waals surface area contributed by atoms with Crippen molar-refractivity contribution in [3.63, 3.8) is 0 Å². The van der Waals surface area contributed by atoms with Crippen LogP contribution in [0.3, 0.4) is 0 Å². The molecular weight excluding hydrogens is 318 g/mol. The second-order valence-electron chi connectivity index (χ2n) is 7.06. The van der Waals surface area contributed by atoms with Gasteiger partial charge in [-0.15, -0.1) is 0 Å². The molecule has 0 radical (unpaired) electrons. The summed E-state index contributed by atoms with van der Waals surface area (Å²) >= 11 is 0. The number of nitrogens with zero attached hydrogens (tertiary/aromatic N) is 3. The van der Waals surface area contributed by atoms with Crippen LogP contribution in [0.4, 0.5) is 5.69 Å². The van der Waals surface area contributed by atoms with Gasteiger partial charge in [-0.3, -0.25) is 14.3 Å². The summed E-state index contributed by atoms with van der Waals surface area (Å²) in [5, 5.41) is 0.552. The molecule has 1 aliphatic heterocycles. The molecule has 1 aromatic heterocycles. The Labute approximate surface area is 144 Å². The fraction of sp³-hybridized carbons (Fsp3) is 0.500. The Bertz CT molecular complexity index is 966. The lowest BCUT2D eigenvalue weighted by Crippen LogP contribution is -2.34. The Balaban J connectivity index is 1.70. The minimum Gasteiger partial charge on any atom is -0.371 e. The van der Waals surface area contributed by atoms with Crippen molar-refractivity contribution in [3.05, 3.63) is 50.5 Å². The molecule has 3 N–H and O–H groups in total. The van der Waals surface area contributed by atoms with Gasteiger partial charge < -0.3 is 15.5 Å². The zero-order valence-electron chi connectivity index (χ0n) is 13.9. The summed E-state index contributed by atoms with van der Waals surface area (Å²) in [4.78, 5) is 32.4. The van der Waals surface area contributed by atoms with Gasteiger partial charge in [0.1, 0.15) is 0 Å². The van der Waals surface area contributed by atoms with E-state index >= 15 is 0 Å². The van der Waals surface area contributed by atoms with E-state index in [9.17, 15) is 9.59 Å². The zero-order chi connectivity index (χ0) is 17.6. The normalized spacial score (nSPS) is 21.4. The molecule has 1 aliphatic carbocycles. The van der Waals surface area contributed by atoms with Gasteiger partial charge in [0.25, 0.3) is 5.56 Å². The number of rotatable bonds is 4. The van der Waals surface area contributed by atoms with Gasteiger partial charge in [0, 0.05) is 30.7 Å². The number of aromatic amines is 1. The molecule has 1 saturated heterocycles. The minimum atomic E-state index is -0.332. The molecular formula is C18H21N5O2. The molecule has 4 rings (SSSR count). The number of hydrogen-bond acceptors (Lipinski definition) is 4. The molecule has 2 aromatic rings. The molecule has 1 saturated carbocycles. The fourth-order valence-electron chi connectivity index (χ4n) is 3.76. The Morgan fingerprint density at radius 3 is 2.84 bits per heavy atom. The van der Waals surface area contributed by atoms with Crippen molar-refractivity contribution in [1.29, 1.82) is 0 Å². The first-order chi connectivity index (χ1) is 12.1. The van der Waals surface area contributed by atoms with Crippen LogP contribution in [0.2, 0.25) is 0 Å². The summed E-state index contributed by atoms with van der Waals surface area (Å²) in [6.45, 7) is 9.01. The number of H-pyrrole nitrogens is 1. The van der Waals surface area contributed by atoms with Gasteiger partial charge in [0.15, 0.2) is 0 Å². The first kappa shape index (κ1) is 15.9. The van der Waals surface area contributed by atoms with Gasteiger partial charge in [-0.1, -0.05) is 0 Å². The first-order valence-electron chi connectivity index (χ1n) is 8.71. The quantitative estimate of drug-likeness (QED) is 0.817. The van der Waals surface area contributed by atoms with Crippen molar-refractivity contribution in [2.75, 3.05) is 24.5 Å². The third kappa shape index (κ3) is 2.83. The van der Waals surface area contributed by atoms with E-state index in [0.29, 0.717) is 23.4 Å². The Kier molecular flexibility index (Phi) is 3.85. The van der Waals surface area contributed by atoms with Gasteiger partial charge in [-0.2, -0.15) is 0 Å². The van der Waals surface area contributed by atoms with Crippen LogP contribution in [0.15, 0.2) is 27.8 Å². The monoisotopic (exact) mass is 339 g/mol. The molecule has 0 spiro atoms. The van der Waals surface area contributed by atoms with Crippen molar-refractivity contribution >= 4 is 16.6 Å². The SMILES string of the molecule is [C-]#[N+]CC(N)C1CCN(c2ccc3c(=O)[nH]c(=O)n(C4CC4)c3c2)C1. The van der Waals surface area contributed by atoms with Gasteiger partial charge in [0.2, 0.25) is 6.54 Å². The molecule has 2 aliphatic rings. The third-order valence-electron chi connectivity index (χ3n) is 5.33. The molecule has 130 valence electrons. The highest BCUT2D eigenvalue weighted by atomic mass is 16.2. The van der Waals surface area contributed by atoms with Gasteiger partial charge in [0.05, 0.1) is 16.9 Å². The maximum absolute atomic E-state index is 12.2. The van der Waals surface area contributed by atoms with Crippen molar-refractivity contribution in [2.24, 2.45) is 11.7 Å². The molecule has 0 amide bonds. The lowest BCUT2D eigenvalue weighted by molar-refractivity contribution is 0.480. The second kappa shape index (κ2) is 6.05. The molecule has 25 heavy (non-hydrogen) atoms. The Morgan fingerprint density at radius 1 is 1.32 bits per heavy atom. The number of anilines is 1.